The molecule has 1 aliphatic carbocycles. The van der Waals surface area contributed by atoms with Crippen molar-refractivity contribution in [1.29, 1.82) is 0 Å². The molecule has 1 amide bonds. The quantitative estimate of drug-likeness (QED) is 0.820. The molecule has 2 aromatic rings. The van der Waals surface area contributed by atoms with Gasteiger partial charge < -0.3 is 0 Å². The van der Waals surface area contributed by atoms with Crippen LogP contribution in [0.5, 0.6) is 0 Å². The van der Waals surface area contributed by atoms with Crippen LogP contribution in [0.4, 0.5) is 8.78 Å². The first-order chi connectivity index (χ1) is 13.0. The van der Waals surface area contributed by atoms with Crippen molar-refractivity contribution in [2.75, 3.05) is 5.75 Å². The maximum absolute atomic E-state index is 13.6. The summed E-state index contributed by atoms with van der Waals surface area (Å²) in [5.74, 6) is -2.96. The average Bonchev–Trinajstić information content (AvgIpc) is 3.17. The number of carbonyl (C=O) groups is 1. The van der Waals surface area contributed by atoms with E-state index in [2.05, 4.69) is 9.82 Å². The highest BCUT2D eigenvalue weighted by atomic mass is 32.2. The fraction of sp³-hybridized carbons (Fsp3) is 0.474. The van der Waals surface area contributed by atoms with E-state index in [9.17, 15) is 22.0 Å². The summed E-state index contributed by atoms with van der Waals surface area (Å²) in [5.41, 5.74) is 1.47. The summed E-state index contributed by atoms with van der Waals surface area (Å²) >= 11 is 0. The summed E-state index contributed by atoms with van der Waals surface area (Å²) in [6.07, 6.45) is 2.36. The Bertz CT molecular complexity index is 1020. The van der Waals surface area contributed by atoms with Crippen molar-refractivity contribution in [3.8, 4) is 5.69 Å². The van der Waals surface area contributed by atoms with E-state index in [1.54, 1.807) is 0 Å². The largest absolute Gasteiger partial charge is 0.285 e. The second-order valence-electron chi connectivity index (χ2n) is 8.20. The van der Waals surface area contributed by atoms with Gasteiger partial charge in [-0.2, -0.15) is 5.10 Å². The first-order valence-electron chi connectivity index (χ1n) is 9.08. The molecule has 0 saturated heterocycles. The third kappa shape index (κ3) is 4.40. The van der Waals surface area contributed by atoms with Gasteiger partial charge in [0.15, 0.2) is 17.3 Å². The van der Waals surface area contributed by atoms with Gasteiger partial charge in [-0.05, 0) is 43.2 Å². The number of carbonyl (C=O) groups excluding carboxylic acids is 1. The number of fused-ring (bicyclic) bond motifs is 1. The fourth-order valence-electron chi connectivity index (χ4n) is 3.13. The number of rotatable bonds is 5. The molecule has 0 fully saturated rings. The van der Waals surface area contributed by atoms with Gasteiger partial charge in [-0.1, -0.05) is 20.8 Å². The van der Waals surface area contributed by atoms with Crippen molar-refractivity contribution in [1.82, 2.24) is 14.5 Å². The molecule has 1 aliphatic rings. The second kappa shape index (κ2) is 7.27. The minimum Gasteiger partial charge on any atom is -0.266 e. The van der Waals surface area contributed by atoms with Crippen molar-refractivity contribution in [2.24, 2.45) is 5.41 Å². The van der Waals surface area contributed by atoms with E-state index in [0.717, 1.165) is 18.6 Å². The molecule has 6 nitrogen and oxygen atoms in total. The minimum atomic E-state index is -3.81. The van der Waals surface area contributed by atoms with E-state index in [1.165, 1.54) is 10.7 Å². The van der Waals surface area contributed by atoms with E-state index in [1.807, 2.05) is 20.8 Å². The molecule has 0 saturated carbocycles. The number of nitrogens with one attached hydrogen (secondary N) is 1. The van der Waals surface area contributed by atoms with Crippen LogP contribution in [0.3, 0.4) is 0 Å². The number of hydrogen-bond donors (Lipinski definition) is 1. The monoisotopic (exact) mass is 411 g/mol. The van der Waals surface area contributed by atoms with Crippen molar-refractivity contribution in [3.05, 3.63) is 46.8 Å². The van der Waals surface area contributed by atoms with Crippen LogP contribution < -0.4 is 4.72 Å². The van der Waals surface area contributed by atoms with E-state index in [0.29, 0.717) is 30.5 Å². The van der Waals surface area contributed by atoms with Crippen LogP contribution in [-0.4, -0.2) is 29.9 Å². The Morgan fingerprint density at radius 1 is 1.21 bits per heavy atom. The molecule has 28 heavy (non-hydrogen) atoms. The molecule has 0 atom stereocenters. The van der Waals surface area contributed by atoms with Crippen molar-refractivity contribution in [2.45, 2.75) is 46.5 Å². The van der Waals surface area contributed by atoms with Gasteiger partial charge in [-0.3, -0.25) is 4.79 Å². The van der Waals surface area contributed by atoms with Crippen LogP contribution in [0.2, 0.25) is 0 Å². The Morgan fingerprint density at radius 3 is 2.57 bits per heavy atom. The summed E-state index contributed by atoms with van der Waals surface area (Å²) in [6.45, 7) is 5.75. The third-order valence-electron chi connectivity index (χ3n) is 4.66. The zero-order chi connectivity index (χ0) is 20.7. The average molecular weight is 411 g/mol. The number of aromatic nitrogens is 2. The van der Waals surface area contributed by atoms with Gasteiger partial charge in [0.05, 0.1) is 11.4 Å². The molecule has 0 bridgehead atoms. The lowest BCUT2D eigenvalue weighted by Gasteiger charge is -2.17. The van der Waals surface area contributed by atoms with Gasteiger partial charge in [0.1, 0.15) is 0 Å². The van der Waals surface area contributed by atoms with E-state index in [-0.39, 0.29) is 22.5 Å². The summed E-state index contributed by atoms with van der Waals surface area (Å²) < 4.78 is 54.8. The Labute approximate surface area is 163 Å². The predicted molar refractivity (Wildman–Crippen MR) is 101 cm³/mol. The summed E-state index contributed by atoms with van der Waals surface area (Å²) in [5, 5.41) is 4.22. The lowest BCUT2D eigenvalue weighted by atomic mass is 9.94. The maximum Gasteiger partial charge on any atom is 0.285 e. The van der Waals surface area contributed by atoms with Gasteiger partial charge in [0.2, 0.25) is 10.0 Å². The molecule has 0 spiro atoms. The molecular formula is C19H23F2N3O3S. The maximum atomic E-state index is 13.6. The second-order valence-corrected chi connectivity index (χ2v) is 10.0. The van der Waals surface area contributed by atoms with Gasteiger partial charge in [-0.25, -0.2) is 26.6 Å². The van der Waals surface area contributed by atoms with Gasteiger partial charge in [-0.15, -0.1) is 0 Å². The number of sulfonamides is 1. The van der Waals surface area contributed by atoms with Crippen LogP contribution in [0.1, 0.15) is 55.4 Å². The Kier molecular flexibility index (Phi) is 5.31. The number of nitrogens with zero attached hydrogens (tertiary/aromatic N) is 2. The first kappa shape index (κ1) is 20.4. The SMILES string of the molecule is CC(C)(C)CCS(=O)(=O)NC(=O)c1nn(-c2ccc(F)c(F)c2)c2c1CCC2. The first-order valence-corrected chi connectivity index (χ1v) is 10.7. The molecule has 3 rings (SSSR count). The molecule has 1 heterocycles. The standard InChI is InChI=1S/C19H23F2N3O3S/c1-19(2,3)9-10-28(26,27)23-18(25)17-13-5-4-6-16(13)24(22-17)12-7-8-14(20)15(21)11-12/h7-8,11H,4-6,9-10H2,1-3H3,(H,23,25). The molecule has 0 radical (unpaired) electrons. The molecule has 0 unspecified atom stereocenters. The highest BCUT2D eigenvalue weighted by Gasteiger charge is 2.29. The van der Waals surface area contributed by atoms with Crippen LogP contribution in [0, 0.1) is 17.0 Å². The van der Waals surface area contributed by atoms with Crippen LogP contribution in [-0.2, 0) is 22.9 Å². The Morgan fingerprint density at radius 2 is 1.93 bits per heavy atom. The number of halogens is 2. The predicted octanol–water partition coefficient (Wildman–Crippen LogP) is 3.14. The molecule has 1 aromatic heterocycles. The lowest BCUT2D eigenvalue weighted by Crippen LogP contribution is -2.34. The van der Waals surface area contributed by atoms with Crippen LogP contribution >= 0.6 is 0 Å². The van der Waals surface area contributed by atoms with Gasteiger partial charge in [0.25, 0.3) is 5.91 Å². The smallest absolute Gasteiger partial charge is 0.266 e. The Balaban J connectivity index is 1.89. The van der Waals surface area contributed by atoms with Crippen molar-refractivity contribution in [3.63, 3.8) is 0 Å². The highest BCUT2D eigenvalue weighted by molar-refractivity contribution is 7.90. The van der Waals surface area contributed by atoms with Crippen LogP contribution in [0.15, 0.2) is 18.2 Å². The number of benzene rings is 1. The van der Waals surface area contributed by atoms with Crippen molar-refractivity contribution >= 4 is 15.9 Å². The van der Waals surface area contributed by atoms with Gasteiger partial charge in [0, 0.05) is 17.3 Å². The van der Waals surface area contributed by atoms with E-state index in [4.69, 9.17) is 0 Å². The minimum absolute atomic E-state index is 0.0107. The molecule has 9 heteroatoms. The topological polar surface area (TPSA) is 81.1 Å². The molecule has 0 aliphatic heterocycles. The summed E-state index contributed by atoms with van der Waals surface area (Å²) in [4.78, 5) is 12.6. The third-order valence-corrected chi connectivity index (χ3v) is 5.90. The number of amides is 1. The molecule has 1 N–H and O–H groups in total. The molecule has 1 aromatic carbocycles. The number of hydrogen-bond acceptors (Lipinski definition) is 4. The highest BCUT2D eigenvalue weighted by Crippen LogP contribution is 2.28. The normalized spacial score (nSPS) is 14.2. The summed E-state index contributed by atoms with van der Waals surface area (Å²) in [6, 6.07) is 3.36. The zero-order valence-corrected chi connectivity index (χ0v) is 16.9. The van der Waals surface area contributed by atoms with Crippen LogP contribution in [0.25, 0.3) is 5.69 Å². The fourth-order valence-corrected chi connectivity index (χ4v) is 4.49. The van der Waals surface area contributed by atoms with Gasteiger partial charge >= 0.3 is 0 Å². The van der Waals surface area contributed by atoms with E-state index >= 15 is 0 Å². The molecule has 152 valence electrons. The lowest BCUT2D eigenvalue weighted by molar-refractivity contribution is 0.0975. The summed E-state index contributed by atoms with van der Waals surface area (Å²) in [7, 11) is -3.81. The molecular weight excluding hydrogens is 388 g/mol. The van der Waals surface area contributed by atoms with Crippen molar-refractivity contribution < 1.29 is 22.0 Å². The Hall–Kier alpha value is -2.29. The van der Waals surface area contributed by atoms with E-state index < -0.39 is 27.6 Å². The zero-order valence-electron chi connectivity index (χ0n) is 16.1.